The molecule has 1 N–H and O–H groups in total. The van der Waals surface area contributed by atoms with Gasteiger partial charge in [-0.3, -0.25) is 4.99 Å². The van der Waals surface area contributed by atoms with E-state index in [1.165, 1.54) is 0 Å². The number of hydrogen-bond donors (Lipinski definition) is 1. The lowest BCUT2D eigenvalue weighted by molar-refractivity contribution is -0.142. The SMILES string of the molecule is N#Cc1c(Cl)c(C(F)(F)F)n(CSC2=NCCCN2)c1-c1ccc(Cl)cc1. The van der Waals surface area contributed by atoms with Crippen LogP contribution in [0.4, 0.5) is 13.2 Å². The highest BCUT2D eigenvalue weighted by Crippen LogP contribution is 2.43. The van der Waals surface area contributed by atoms with Gasteiger partial charge in [0.2, 0.25) is 0 Å². The predicted octanol–water partition coefficient (Wildman–Crippen LogP) is 5.39. The maximum absolute atomic E-state index is 13.7. The third kappa shape index (κ3) is 4.21. The van der Waals surface area contributed by atoms with Gasteiger partial charge in [0, 0.05) is 18.1 Å². The van der Waals surface area contributed by atoms with Gasteiger partial charge in [0.05, 0.1) is 22.2 Å². The lowest BCUT2D eigenvalue weighted by Gasteiger charge is -2.18. The van der Waals surface area contributed by atoms with Crippen LogP contribution in [-0.2, 0) is 12.1 Å². The number of amidine groups is 1. The van der Waals surface area contributed by atoms with Gasteiger partial charge in [-0.05, 0) is 24.1 Å². The molecule has 142 valence electrons. The molecule has 1 aromatic carbocycles. The Hall–Kier alpha value is -1.82. The zero-order valence-electron chi connectivity index (χ0n) is 13.8. The molecule has 0 saturated heterocycles. The van der Waals surface area contributed by atoms with E-state index < -0.39 is 16.9 Å². The van der Waals surface area contributed by atoms with Crippen molar-refractivity contribution >= 4 is 40.1 Å². The van der Waals surface area contributed by atoms with Crippen LogP contribution in [0.25, 0.3) is 11.3 Å². The Bertz CT molecular complexity index is 914. The Kier molecular flexibility index (Phi) is 5.94. The van der Waals surface area contributed by atoms with E-state index in [1.54, 1.807) is 30.3 Å². The van der Waals surface area contributed by atoms with Gasteiger partial charge in [0.25, 0.3) is 0 Å². The third-order valence-corrected chi connectivity index (χ3v) is 5.45. The smallest absolute Gasteiger partial charge is 0.365 e. The van der Waals surface area contributed by atoms with Crippen LogP contribution in [0.15, 0.2) is 29.3 Å². The molecule has 0 saturated carbocycles. The summed E-state index contributed by atoms with van der Waals surface area (Å²) < 4.78 is 42.1. The second kappa shape index (κ2) is 8.05. The normalized spacial score (nSPS) is 14.4. The minimum absolute atomic E-state index is 0.0972. The Labute approximate surface area is 168 Å². The molecule has 0 radical (unpaired) electrons. The summed E-state index contributed by atoms with van der Waals surface area (Å²) in [5.74, 6) is -0.0972. The molecule has 2 heterocycles. The van der Waals surface area contributed by atoms with E-state index in [9.17, 15) is 18.4 Å². The molecule has 0 fully saturated rings. The van der Waals surface area contributed by atoms with Crippen molar-refractivity contribution in [2.24, 2.45) is 4.99 Å². The largest absolute Gasteiger partial charge is 0.432 e. The molecule has 10 heteroatoms. The van der Waals surface area contributed by atoms with Gasteiger partial charge in [0.1, 0.15) is 11.8 Å². The molecule has 3 rings (SSSR count). The van der Waals surface area contributed by atoms with Gasteiger partial charge in [-0.15, -0.1) is 0 Å². The van der Waals surface area contributed by atoms with Crippen molar-refractivity contribution in [3.63, 3.8) is 0 Å². The topological polar surface area (TPSA) is 53.1 Å². The Morgan fingerprint density at radius 2 is 1.96 bits per heavy atom. The molecular weight excluding hydrogens is 420 g/mol. The highest BCUT2D eigenvalue weighted by Gasteiger charge is 2.41. The van der Waals surface area contributed by atoms with Crippen LogP contribution in [0.2, 0.25) is 10.0 Å². The molecule has 0 bridgehead atoms. The highest BCUT2D eigenvalue weighted by molar-refractivity contribution is 8.13. The van der Waals surface area contributed by atoms with Gasteiger partial charge < -0.3 is 9.88 Å². The highest BCUT2D eigenvalue weighted by atomic mass is 35.5. The van der Waals surface area contributed by atoms with Crippen LogP contribution in [0.5, 0.6) is 0 Å². The summed E-state index contributed by atoms with van der Waals surface area (Å²) in [6, 6.07) is 8.04. The standard InChI is InChI=1S/C17H13Cl2F3N4S/c18-11-4-2-10(3-5-11)14-12(8-23)13(19)15(17(20,21)22)26(14)9-27-16-24-6-1-7-25-16/h2-5H,1,6-7,9H2,(H,24,25). The maximum Gasteiger partial charge on any atom is 0.432 e. The van der Waals surface area contributed by atoms with Crippen molar-refractivity contribution in [1.29, 1.82) is 5.26 Å². The number of nitriles is 1. The number of rotatable bonds is 3. The summed E-state index contributed by atoms with van der Waals surface area (Å²) in [7, 11) is 0. The predicted molar refractivity (Wildman–Crippen MR) is 102 cm³/mol. The fourth-order valence-corrected chi connectivity index (χ4v) is 4.10. The van der Waals surface area contributed by atoms with E-state index in [4.69, 9.17) is 23.2 Å². The minimum atomic E-state index is -4.71. The second-order valence-electron chi connectivity index (χ2n) is 5.67. The van der Waals surface area contributed by atoms with Crippen molar-refractivity contribution in [2.45, 2.75) is 18.5 Å². The molecule has 0 spiro atoms. The van der Waals surface area contributed by atoms with Gasteiger partial charge in [0.15, 0.2) is 5.17 Å². The van der Waals surface area contributed by atoms with E-state index in [1.807, 2.05) is 0 Å². The van der Waals surface area contributed by atoms with E-state index in [0.717, 1.165) is 29.3 Å². The van der Waals surface area contributed by atoms with Crippen molar-refractivity contribution in [1.82, 2.24) is 9.88 Å². The molecule has 2 aromatic rings. The van der Waals surface area contributed by atoms with E-state index in [0.29, 0.717) is 22.3 Å². The molecule has 0 amide bonds. The number of aromatic nitrogens is 1. The molecule has 0 aliphatic carbocycles. The average Bonchev–Trinajstić information content (AvgIpc) is 2.93. The van der Waals surface area contributed by atoms with Crippen LogP contribution in [-0.4, -0.2) is 22.8 Å². The molecule has 0 atom stereocenters. The zero-order chi connectivity index (χ0) is 19.6. The van der Waals surface area contributed by atoms with Crippen LogP contribution in [0, 0.1) is 11.3 Å². The fraction of sp³-hybridized carbons (Fsp3) is 0.294. The number of alkyl halides is 3. The van der Waals surface area contributed by atoms with Gasteiger partial charge in [-0.1, -0.05) is 47.1 Å². The first-order chi connectivity index (χ1) is 12.8. The average molecular weight is 433 g/mol. The third-order valence-electron chi connectivity index (χ3n) is 3.90. The van der Waals surface area contributed by atoms with Crippen LogP contribution in [0.3, 0.4) is 0 Å². The van der Waals surface area contributed by atoms with Gasteiger partial charge in [-0.2, -0.15) is 18.4 Å². The van der Waals surface area contributed by atoms with Crippen LogP contribution in [0.1, 0.15) is 17.7 Å². The molecule has 0 unspecified atom stereocenters. The Balaban J connectivity index is 2.13. The maximum atomic E-state index is 13.7. The van der Waals surface area contributed by atoms with Crippen molar-refractivity contribution in [2.75, 3.05) is 13.1 Å². The van der Waals surface area contributed by atoms with Crippen molar-refractivity contribution in [3.05, 3.63) is 45.6 Å². The second-order valence-corrected chi connectivity index (χ2v) is 7.42. The monoisotopic (exact) mass is 432 g/mol. The first kappa shape index (κ1) is 19.9. The van der Waals surface area contributed by atoms with Crippen LogP contribution < -0.4 is 5.32 Å². The van der Waals surface area contributed by atoms with E-state index in [2.05, 4.69) is 10.3 Å². The molecule has 1 aromatic heterocycles. The molecular formula is C17H13Cl2F3N4S. The summed E-state index contributed by atoms with van der Waals surface area (Å²) in [6.45, 7) is 1.35. The summed E-state index contributed by atoms with van der Waals surface area (Å²) >= 11 is 13.0. The van der Waals surface area contributed by atoms with E-state index >= 15 is 0 Å². The molecule has 1 aliphatic heterocycles. The zero-order valence-corrected chi connectivity index (χ0v) is 16.1. The number of thioether (sulfide) groups is 1. The summed E-state index contributed by atoms with van der Waals surface area (Å²) in [5, 5.41) is 12.9. The number of nitrogens with zero attached hydrogens (tertiary/aromatic N) is 3. The lowest BCUT2D eigenvalue weighted by Crippen LogP contribution is -2.27. The molecule has 4 nitrogen and oxygen atoms in total. The Morgan fingerprint density at radius 1 is 1.26 bits per heavy atom. The number of aliphatic imine (C=N–C) groups is 1. The molecule has 1 aliphatic rings. The summed E-state index contributed by atoms with van der Waals surface area (Å²) in [4.78, 5) is 4.26. The lowest BCUT2D eigenvalue weighted by atomic mass is 10.1. The fourth-order valence-electron chi connectivity index (χ4n) is 2.74. The minimum Gasteiger partial charge on any atom is -0.365 e. The van der Waals surface area contributed by atoms with Crippen molar-refractivity contribution in [3.8, 4) is 17.3 Å². The summed E-state index contributed by atoms with van der Waals surface area (Å²) in [6.07, 6.45) is -3.84. The first-order valence-electron chi connectivity index (χ1n) is 7.89. The number of benzene rings is 1. The Morgan fingerprint density at radius 3 is 2.52 bits per heavy atom. The number of halogens is 5. The quantitative estimate of drug-likeness (QED) is 0.706. The number of nitrogens with one attached hydrogen (secondary N) is 1. The van der Waals surface area contributed by atoms with E-state index in [-0.39, 0.29) is 17.1 Å². The van der Waals surface area contributed by atoms with Gasteiger partial charge >= 0.3 is 6.18 Å². The van der Waals surface area contributed by atoms with Gasteiger partial charge in [-0.25, -0.2) is 0 Å². The van der Waals surface area contributed by atoms with Crippen LogP contribution >= 0.6 is 35.0 Å². The molecule has 27 heavy (non-hydrogen) atoms. The van der Waals surface area contributed by atoms with Crippen molar-refractivity contribution < 1.29 is 13.2 Å². The summed E-state index contributed by atoms with van der Waals surface area (Å²) in [5.41, 5.74) is -0.733. The number of hydrogen-bond acceptors (Lipinski definition) is 4. The first-order valence-corrected chi connectivity index (χ1v) is 9.63.